The van der Waals surface area contributed by atoms with Crippen LogP contribution in [-0.4, -0.2) is 0 Å². The molecule has 0 aliphatic rings. The van der Waals surface area contributed by atoms with E-state index in [2.05, 4.69) is 0 Å². The molecular formula is C15H14F3NS. The van der Waals surface area contributed by atoms with Crippen LogP contribution in [0.15, 0.2) is 47.4 Å². The first-order valence-corrected chi connectivity index (χ1v) is 7.00. The molecule has 2 aromatic carbocycles. The minimum absolute atomic E-state index is 0.122. The number of nitrogen functional groups attached to an aromatic ring is 1. The minimum Gasteiger partial charge on any atom is -0.399 e. The number of halogens is 3. The molecule has 5 heteroatoms. The number of alkyl halides is 3. The van der Waals surface area contributed by atoms with Crippen molar-refractivity contribution in [2.24, 2.45) is 0 Å². The third kappa shape index (κ3) is 3.70. The lowest BCUT2D eigenvalue weighted by atomic mass is 10.2. The lowest BCUT2D eigenvalue weighted by molar-refractivity contribution is -0.139. The van der Waals surface area contributed by atoms with Crippen molar-refractivity contribution in [3.8, 4) is 0 Å². The third-order valence-electron chi connectivity index (χ3n) is 2.79. The Balaban J connectivity index is 2.21. The molecular weight excluding hydrogens is 283 g/mol. The predicted molar refractivity (Wildman–Crippen MR) is 76.6 cm³/mol. The van der Waals surface area contributed by atoms with Gasteiger partial charge in [-0.05, 0) is 30.7 Å². The molecule has 2 N–H and O–H groups in total. The molecule has 0 bridgehead atoms. The van der Waals surface area contributed by atoms with E-state index in [4.69, 9.17) is 5.73 Å². The molecule has 0 saturated heterocycles. The Morgan fingerprint density at radius 2 is 1.85 bits per heavy atom. The third-order valence-corrected chi connectivity index (χ3v) is 3.93. The first kappa shape index (κ1) is 14.8. The van der Waals surface area contributed by atoms with E-state index in [-0.39, 0.29) is 10.6 Å². The molecule has 0 saturated carbocycles. The number of anilines is 1. The predicted octanol–water partition coefficient (Wildman–Crippen LogP) is 4.89. The molecule has 0 fully saturated rings. The zero-order chi connectivity index (χ0) is 14.8. The average molecular weight is 297 g/mol. The fraction of sp³-hybridized carbons (Fsp3) is 0.200. The molecule has 20 heavy (non-hydrogen) atoms. The van der Waals surface area contributed by atoms with Crippen LogP contribution in [0.5, 0.6) is 0 Å². The van der Waals surface area contributed by atoms with Crippen LogP contribution in [0.4, 0.5) is 18.9 Å². The normalized spacial score (nSPS) is 11.6. The smallest absolute Gasteiger partial charge is 0.399 e. The molecule has 0 unspecified atom stereocenters. The second kappa shape index (κ2) is 5.79. The monoisotopic (exact) mass is 297 g/mol. The molecule has 1 nitrogen and oxygen atoms in total. The number of thioether (sulfide) groups is 1. The topological polar surface area (TPSA) is 26.0 Å². The Morgan fingerprint density at radius 1 is 1.10 bits per heavy atom. The largest absolute Gasteiger partial charge is 0.417 e. The first-order chi connectivity index (χ1) is 9.36. The molecule has 0 aliphatic heterocycles. The maximum absolute atomic E-state index is 12.9. The number of aryl methyl sites for hydroxylation is 1. The summed E-state index contributed by atoms with van der Waals surface area (Å²) in [5.41, 5.74) is 6.99. The van der Waals surface area contributed by atoms with Crippen molar-refractivity contribution in [3.63, 3.8) is 0 Å². The quantitative estimate of drug-likeness (QED) is 0.645. The SMILES string of the molecule is Cc1cccc(CSc2ccc(N)cc2C(F)(F)F)c1. The summed E-state index contributed by atoms with van der Waals surface area (Å²) >= 11 is 1.17. The van der Waals surface area contributed by atoms with Crippen molar-refractivity contribution >= 4 is 17.4 Å². The van der Waals surface area contributed by atoms with Crippen LogP contribution in [0.3, 0.4) is 0 Å². The lowest BCUT2D eigenvalue weighted by Crippen LogP contribution is -2.07. The molecule has 106 valence electrons. The van der Waals surface area contributed by atoms with Crippen LogP contribution in [0.1, 0.15) is 16.7 Å². The highest BCUT2D eigenvalue weighted by molar-refractivity contribution is 7.98. The van der Waals surface area contributed by atoms with Crippen molar-refractivity contribution in [1.82, 2.24) is 0 Å². The van der Waals surface area contributed by atoms with Crippen LogP contribution in [-0.2, 0) is 11.9 Å². The van der Waals surface area contributed by atoms with E-state index in [1.807, 2.05) is 31.2 Å². The zero-order valence-electron chi connectivity index (χ0n) is 10.9. The van der Waals surface area contributed by atoms with E-state index in [9.17, 15) is 13.2 Å². The van der Waals surface area contributed by atoms with Crippen molar-refractivity contribution in [3.05, 3.63) is 59.2 Å². The van der Waals surface area contributed by atoms with Gasteiger partial charge in [-0.15, -0.1) is 11.8 Å². The molecule has 0 spiro atoms. The second-order valence-corrected chi connectivity index (χ2v) is 5.55. The van der Waals surface area contributed by atoms with Gasteiger partial charge in [-0.1, -0.05) is 29.8 Å². The molecule has 0 amide bonds. The van der Waals surface area contributed by atoms with Crippen LogP contribution in [0, 0.1) is 6.92 Å². The highest BCUT2D eigenvalue weighted by Gasteiger charge is 2.33. The molecule has 0 heterocycles. The fourth-order valence-corrected chi connectivity index (χ4v) is 2.85. The second-order valence-electron chi connectivity index (χ2n) is 4.53. The standard InChI is InChI=1S/C15H14F3NS/c1-10-3-2-4-11(7-10)9-20-14-6-5-12(19)8-13(14)15(16,17)18/h2-8H,9,19H2,1H3. The van der Waals surface area contributed by atoms with Gasteiger partial charge in [-0.25, -0.2) is 0 Å². The van der Waals surface area contributed by atoms with Gasteiger partial charge in [0.2, 0.25) is 0 Å². The summed E-state index contributed by atoms with van der Waals surface area (Å²) in [5.74, 6) is 0.495. The molecule has 0 radical (unpaired) electrons. The summed E-state index contributed by atoms with van der Waals surface area (Å²) < 4.78 is 38.8. The Morgan fingerprint density at radius 3 is 2.50 bits per heavy atom. The summed E-state index contributed by atoms with van der Waals surface area (Å²) in [6.45, 7) is 1.96. The number of rotatable bonds is 3. The molecule has 0 aliphatic carbocycles. The van der Waals surface area contributed by atoms with Crippen LogP contribution >= 0.6 is 11.8 Å². The van der Waals surface area contributed by atoms with E-state index in [1.165, 1.54) is 23.9 Å². The highest BCUT2D eigenvalue weighted by atomic mass is 32.2. The number of nitrogens with two attached hydrogens (primary N) is 1. The van der Waals surface area contributed by atoms with E-state index in [0.717, 1.165) is 17.2 Å². The van der Waals surface area contributed by atoms with Crippen molar-refractivity contribution in [2.45, 2.75) is 23.7 Å². The van der Waals surface area contributed by atoms with Gasteiger partial charge in [0.1, 0.15) is 0 Å². The Labute approximate surface area is 120 Å². The van der Waals surface area contributed by atoms with Gasteiger partial charge in [0, 0.05) is 16.3 Å². The Hall–Kier alpha value is -1.62. The summed E-state index contributed by atoms with van der Waals surface area (Å²) in [6.07, 6.45) is -4.38. The van der Waals surface area contributed by atoms with Crippen molar-refractivity contribution in [2.75, 3.05) is 5.73 Å². The van der Waals surface area contributed by atoms with Crippen molar-refractivity contribution in [1.29, 1.82) is 0 Å². The highest BCUT2D eigenvalue weighted by Crippen LogP contribution is 2.38. The number of benzene rings is 2. The van der Waals surface area contributed by atoms with Crippen LogP contribution in [0.25, 0.3) is 0 Å². The van der Waals surface area contributed by atoms with Gasteiger partial charge in [0.25, 0.3) is 0 Å². The maximum Gasteiger partial charge on any atom is 0.417 e. The van der Waals surface area contributed by atoms with E-state index >= 15 is 0 Å². The Kier molecular flexibility index (Phi) is 4.28. The minimum atomic E-state index is -4.38. The zero-order valence-corrected chi connectivity index (χ0v) is 11.7. The van der Waals surface area contributed by atoms with Gasteiger partial charge in [-0.3, -0.25) is 0 Å². The van der Waals surface area contributed by atoms with Gasteiger partial charge >= 0.3 is 6.18 Å². The summed E-state index contributed by atoms with van der Waals surface area (Å²) in [6, 6.07) is 11.6. The van der Waals surface area contributed by atoms with Crippen LogP contribution in [0.2, 0.25) is 0 Å². The molecule has 2 rings (SSSR count). The van der Waals surface area contributed by atoms with Gasteiger partial charge < -0.3 is 5.73 Å². The van der Waals surface area contributed by atoms with E-state index in [0.29, 0.717) is 5.75 Å². The summed E-state index contributed by atoms with van der Waals surface area (Å²) in [4.78, 5) is 0.202. The summed E-state index contributed by atoms with van der Waals surface area (Å²) in [7, 11) is 0. The van der Waals surface area contributed by atoms with Crippen molar-refractivity contribution < 1.29 is 13.2 Å². The van der Waals surface area contributed by atoms with Gasteiger partial charge in [0.05, 0.1) is 5.56 Å². The molecule has 0 aromatic heterocycles. The molecule has 0 atom stereocenters. The average Bonchev–Trinajstić information content (AvgIpc) is 2.36. The fourth-order valence-electron chi connectivity index (χ4n) is 1.86. The Bertz CT molecular complexity index is 608. The van der Waals surface area contributed by atoms with E-state index < -0.39 is 11.7 Å². The van der Waals surface area contributed by atoms with Crippen LogP contribution < -0.4 is 5.73 Å². The summed E-state index contributed by atoms with van der Waals surface area (Å²) in [5, 5.41) is 0. The lowest BCUT2D eigenvalue weighted by Gasteiger charge is -2.13. The van der Waals surface area contributed by atoms with Gasteiger partial charge in [-0.2, -0.15) is 13.2 Å². The number of hydrogen-bond acceptors (Lipinski definition) is 2. The maximum atomic E-state index is 12.9. The van der Waals surface area contributed by atoms with E-state index in [1.54, 1.807) is 0 Å². The first-order valence-electron chi connectivity index (χ1n) is 6.01. The molecule has 2 aromatic rings. The van der Waals surface area contributed by atoms with Gasteiger partial charge in [0.15, 0.2) is 0 Å². The number of hydrogen-bond donors (Lipinski definition) is 1.